The largest absolute Gasteiger partial charge is 0.375 e. The molecule has 1 aliphatic carbocycles. The van der Waals surface area contributed by atoms with Gasteiger partial charge in [0.25, 0.3) is 5.91 Å². The van der Waals surface area contributed by atoms with Gasteiger partial charge in [0.2, 0.25) is 0 Å². The van der Waals surface area contributed by atoms with Crippen molar-refractivity contribution in [3.05, 3.63) is 23.0 Å². The van der Waals surface area contributed by atoms with Gasteiger partial charge in [-0.05, 0) is 38.7 Å². The molecule has 2 unspecified atom stereocenters. The van der Waals surface area contributed by atoms with Crippen molar-refractivity contribution >= 4 is 16.9 Å². The van der Waals surface area contributed by atoms with Gasteiger partial charge in [-0.25, -0.2) is 4.98 Å². The monoisotopic (exact) mass is 338 g/mol. The van der Waals surface area contributed by atoms with Crippen molar-refractivity contribution in [1.29, 1.82) is 0 Å². The molecular weight excluding hydrogens is 316 g/mol. The highest BCUT2D eigenvalue weighted by atomic mass is 16.5. The second-order valence-corrected chi connectivity index (χ2v) is 6.95. The summed E-state index contributed by atoms with van der Waals surface area (Å²) in [5, 5.41) is 8.21. The van der Waals surface area contributed by atoms with Crippen molar-refractivity contribution < 1.29 is 9.53 Å². The number of pyridine rings is 1. The van der Waals surface area contributed by atoms with E-state index in [0.29, 0.717) is 18.1 Å². The molecule has 1 saturated carbocycles. The summed E-state index contributed by atoms with van der Waals surface area (Å²) in [6.45, 7) is 2.60. The Morgan fingerprint density at radius 3 is 2.92 bits per heavy atom. The van der Waals surface area contributed by atoms with Gasteiger partial charge in [0.1, 0.15) is 6.04 Å². The summed E-state index contributed by atoms with van der Waals surface area (Å²) in [5.41, 5.74) is 3.12. The van der Waals surface area contributed by atoms with Crippen LogP contribution < -0.4 is 5.32 Å². The number of fused-ring (bicyclic) bond motifs is 1. The second kappa shape index (κ2) is 6.16. The van der Waals surface area contributed by atoms with Crippen LogP contribution in [-0.2, 0) is 11.8 Å². The molecule has 0 spiro atoms. The number of aryl methyl sites for hydroxylation is 2. The fraction of sp³-hybridized carbons (Fsp3) is 0.526. The lowest BCUT2D eigenvalue weighted by atomic mass is 10.0. The molecular formula is C19H22N4O2. The van der Waals surface area contributed by atoms with Gasteiger partial charge in [-0.1, -0.05) is 5.92 Å². The number of aromatic nitrogens is 3. The molecule has 1 aliphatic heterocycles. The fourth-order valence-electron chi connectivity index (χ4n) is 3.56. The Morgan fingerprint density at radius 1 is 1.48 bits per heavy atom. The van der Waals surface area contributed by atoms with Crippen LogP contribution in [0.15, 0.2) is 6.07 Å². The molecule has 0 bridgehead atoms. The van der Waals surface area contributed by atoms with E-state index in [1.165, 1.54) is 0 Å². The van der Waals surface area contributed by atoms with E-state index in [9.17, 15) is 4.79 Å². The average Bonchev–Trinajstić information content (AvgIpc) is 3.24. The van der Waals surface area contributed by atoms with Crippen molar-refractivity contribution in [3.63, 3.8) is 0 Å². The van der Waals surface area contributed by atoms with Gasteiger partial charge in [0.15, 0.2) is 5.65 Å². The Hall–Kier alpha value is -2.39. The van der Waals surface area contributed by atoms with Crippen LogP contribution in [0.25, 0.3) is 11.0 Å². The zero-order chi connectivity index (χ0) is 17.6. The molecule has 1 saturated heterocycles. The summed E-state index contributed by atoms with van der Waals surface area (Å²) in [4.78, 5) is 17.7. The van der Waals surface area contributed by atoms with Crippen LogP contribution in [0, 0.1) is 19.3 Å². The van der Waals surface area contributed by atoms with Gasteiger partial charge in [-0.15, -0.1) is 6.42 Å². The van der Waals surface area contributed by atoms with E-state index in [1.807, 2.05) is 20.0 Å². The van der Waals surface area contributed by atoms with Gasteiger partial charge in [-0.3, -0.25) is 9.48 Å². The quantitative estimate of drug-likeness (QED) is 0.867. The first-order valence-electron chi connectivity index (χ1n) is 8.81. The number of amides is 1. The first kappa shape index (κ1) is 16.1. The minimum atomic E-state index is -0.417. The van der Waals surface area contributed by atoms with Crippen LogP contribution in [0.1, 0.15) is 53.3 Å². The first-order valence-corrected chi connectivity index (χ1v) is 8.81. The number of carbonyl (C=O) groups is 1. The maximum absolute atomic E-state index is 13.0. The zero-order valence-corrected chi connectivity index (χ0v) is 14.6. The van der Waals surface area contributed by atoms with Gasteiger partial charge < -0.3 is 10.1 Å². The zero-order valence-electron chi connectivity index (χ0n) is 14.6. The topological polar surface area (TPSA) is 69.0 Å². The maximum Gasteiger partial charge on any atom is 0.253 e. The molecule has 25 heavy (non-hydrogen) atoms. The molecule has 6 heteroatoms. The fourth-order valence-corrected chi connectivity index (χ4v) is 3.56. The van der Waals surface area contributed by atoms with Crippen molar-refractivity contribution in [2.45, 2.75) is 50.7 Å². The van der Waals surface area contributed by atoms with Gasteiger partial charge >= 0.3 is 0 Å². The van der Waals surface area contributed by atoms with Crippen LogP contribution in [0.4, 0.5) is 0 Å². The van der Waals surface area contributed by atoms with Crippen molar-refractivity contribution in [2.24, 2.45) is 7.05 Å². The standard InChI is InChI=1S/C19H22N4O2/c1-4-14(16-6-5-9-25-16)21-19(24)13-10-15(12-7-8-12)20-18-17(13)11(2)22-23(18)3/h1,10,12,14,16H,5-9H2,2-3H3,(H,21,24). The van der Waals surface area contributed by atoms with Crippen molar-refractivity contribution in [2.75, 3.05) is 6.61 Å². The summed E-state index contributed by atoms with van der Waals surface area (Å²) < 4.78 is 7.39. The normalized spacial score (nSPS) is 21.2. The van der Waals surface area contributed by atoms with E-state index in [-0.39, 0.29) is 12.0 Å². The number of nitrogens with zero attached hydrogens (tertiary/aromatic N) is 3. The van der Waals surface area contributed by atoms with E-state index in [1.54, 1.807) is 4.68 Å². The Labute approximate surface area is 146 Å². The number of nitrogens with one attached hydrogen (secondary N) is 1. The Bertz CT molecular complexity index is 870. The molecule has 1 N–H and O–H groups in total. The van der Waals surface area contributed by atoms with E-state index in [0.717, 1.165) is 48.1 Å². The lowest BCUT2D eigenvalue weighted by Crippen LogP contribution is -2.42. The number of rotatable bonds is 4. The molecule has 2 fully saturated rings. The third-order valence-electron chi connectivity index (χ3n) is 5.03. The van der Waals surface area contributed by atoms with Crippen LogP contribution >= 0.6 is 0 Å². The highest BCUT2D eigenvalue weighted by Gasteiger charge is 2.30. The van der Waals surface area contributed by atoms with E-state index in [2.05, 4.69) is 16.3 Å². The third-order valence-corrected chi connectivity index (χ3v) is 5.03. The van der Waals surface area contributed by atoms with Crippen LogP contribution in [0.3, 0.4) is 0 Å². The molecule has 2 aromatic rings. The molecule has 130 valence electrons. The number of carbonyl (C=O) groups excluding carboxylic acids is 1. The number of hydrogen-bond donors (Lipinski definition) is 1. The lowest BCUT2D eigenvalue weighted by molar-refractivity contribution is 0.0777. The Balaban J connectivity index is 1.71. The van der Waals surface area contributed by atoms with Gasteiger partial charge in [-0.2, -0.15) is 5.10 Å². The molecule has 4 rings (SSSR count). The summed E-state index contributed by atoms with van der Waals surface area (Å²) in [6, 6.07) is 1.49. The Morgan fingerprint density at radius 2 is 2.28 bits per heavy atom. The molecule has 6 nitrogen and oxygen atoms in total. The second-order valence-electron chi connectivity index (χ2n) is 6.95. The maximum atomic E-state index is 13.0. The first-order chi connectivity index (χ1) is 12.1. The summed E-state index contributed by atoms with van der Waals surface area (Å²) in [5.74, 6) is 2.94. The van der Waals surface area contributed by atoms with Crippen molar-refractivity contribution in [3.8, 4) is 12.3 Å². The summed E-state index contributed by atoms with van der Waals surface area (Å²) >= 11 is 0. The highest BCUT2D eigenvalue weighted by Crippen LogP contribution is 2.40. The van der Waals surface area contributed by atoms with E-state index < -0.39 is 6.04 Å². The van der Waals surface area contributed by atoms with E-state index >= 15 is 0 Å². The molecule has 3 heterocycles. The van der Waals surface area contributed by atoms with Gasteiger partial charge in [0.05, 0.1) is 22.7 Å². The Kier molecular flexibility index (Phi) is 3.97. The van der Waals surface area contributed by atoms with Crippen LogP contribution in [0.2, 0.25) is 0 Å². The number of ether oxygens (including phenoxy) is 1. The van der Waals surface area contributed by atoms with Crippen LogP contribution in [-0.4, -0.2) is 39.4 Å². The molecule has 1 amide bonds. The average molecular weight is 338 g/mol. The molecule has 0 aromatic carbocycles. The SMILES string of the molecule is C#CC(NC(=O)c1cc(C2CC2)nc2c1c(C)nn2C)C1CCCO1. The molecule has 2 aromatic heterocycles. The molecule has 2 aliphatic rings. The molecule has 0 radical (unpaired) electrons. The lowest BCUT2D eigenvalue weighted by Gasteiger charge is -2.19. The summed E-state index contributed by atoms with van der Waals surface area (Å²) in [7, 11) is 1.86. The summed E-state index contributed by atoms with van der Waals surface area (Å²) in [6.07, 6.45) is 9.63. The number of hydrogen-bond acceptors (Lipinski definition) is 4. The third kappa shape index (κ3) is 2.89. The minimum Gasteiger partial charge on any atom is -0.375 e. The minimum absolute atomic E-state index is 0.107. The predicted octanol–water partition coefficient (Wildman–Crippen LogP) is 2.06. The van der Waals surface area contributed by atoms with Gasteiger partial charge in [0, 0.05) is 25.3 Å². The smallest absolute Gasteiger partial charge is 0.253 e. The predicted molar refractivity (Wildman–Crippen MR) is 94.3 cm³/mol. The van der Waals surface area contributed by atoms with Crippen molar-refractivity contribution in [1.82, 2.24) is 20.1 Å². The number of terminal acetylenes is 1. The van der Waals surface area contributed by atoms with E-state index in [4.69, 9.17) is 16.1 Å². The highest BCUT2D eigenvalue weighted by molar-refractivity contribution is 6.06. The molecule has 2 atom stereocenters. The van der Waals surface area contributed by atoms with Crippen LogP contribution in [0.5, 0.6) is 0 Å².